The molecule has 1 fully saturated rings. The Morgan fingerprint density at radius 1 is 1.00 bits per heavy atom. The summed E-state index contributed by atoms with van der Waals surface area (Å²) in [6, 6.07) is 0. The lowest BCUT2D eigenvalue weighted by atomic mass is 9.65. The summed E-state index contributed by atoms with van der Waals surface area (Å²) in [6.45, 7) is 15.4. The van der Waals surface area contributed by atoms with Gasteiger partial charge in [0.2, 0.25) is 0 Å². The highest BCUT2D eigenvalue weighted by molar-refractivity contribution is 4.98. The summed E-state index contributed by atoms with van der Waals surface area (Å²) in [5.74, 6) is 0.672. The molecular weight excluding hydrogens is 198 g/mol. The van der Waals surface area contributed by atoms with Crippen molar-refractivity contribution in [1.82, 2.24) is 5.06 Å². The van der Waals surface area contributed by atoms with Gasteiger partial charge in [-0.3, -0.25) is 0 Å². The molecule has 0 saturated carbocycles. The molecule has 1 aliphatic rings. The maximum absolute atomic E-state index is 10.2. The number of piperidine rings is 1. The molecule has 0 bridgehead atoms. The number of hydroxylamine groups is 2. The average Bonchev–Trinajstić information content (AvgIpc) is 1.97. The van der Waals surface area contributed by atoms with Crippen molar-refractivity contribution < 1.29 is 5.21 Å². The van der Waals surface area contributed by atoms with Crippen molar-refractivity contribution in [3.8, 4) is 0 Å². The van der Waals surface area contributed by atoms with E-state index in [0.717, 1.165) is 12.8 Å². The lowest BCUT2D eigenvalue weighted by Crippen LogP contribution is -2.60. The van der Waals surface area contributed by atoms with Gasteiger partial charge in [-0.25, -0.2) is 0 Å². The fraction of sp³-hybridized carbons (Fsp3) is 1.00. The Morgan fingerprint density at radius 3 is 1.56 bits per heavy atom. The van der Waals surface area contributed by atoms with Crippen LogP contribution in [0.1, 0.15) is 68.7 Å². The van der Waals surface area contributed by atoms with Gasteiger partial charge in [0.25, 0.3) is 0 Å². The van der Waals surface area contributed by atoms with Crippen molar-refractivity contribution in [1.29, 1.82) is 0 Å². The van der Waals surface area contributed by atoms with Crippen LogP contribution in [-0.2, 0) is 0 Å². The van der Waals surface area contributed by atoms with Gasteiger partial charge in [-0.2, -0.15) is 5.06 Å². The topological polar surface area (TPSA) is 23.5 Å². The normalized spacial score (nSPS) is 26.2. The number of nitrogens with zero attached hydrogens (tertiary/aromatic N) is 1. The second kappa shape index (κ2) is 4.30. The molecule has 0 aromatic rings. The van der Waals surface area contributed by atoms with E-state index >= 15 is 0 Å². The third-order valence-corrected chi connectivity index (χ3v) is 3.86. The van der Waals surface area contributed by atoms with Gasteiger partial charge in [0.15, 0.2) is 0 Å². The Labute approximate surface area is 102 Å². The highest BCUT2D eigenvalue weighted by Crippen LogP contribution is 2.46. The van der Waals surface area contributed by atoms with Crippen molar-refractivity contribution in [3.05, 3.63) is 0 Å². The molecule has 2 heteroatoms. The first-order valence-electron chi connectivity index (χ1n) is 5.96. The van der Waals surface area contributed by atoms with Gasteiger partial charge in [-0.05, 0) is 51.9 Å². The summed E-state index contributed by atoms with van der Waals surface area (Å²) in [6.07, 6.45) is 2.13. The monoisotopic (exact) mass is 229 g/mol. The molecule has 0 atom stereocenters. The Morgan fingerprint density at radius 2 is 1.31 bits per heavy atom. The van der Waals surface area contributed by atoms with E-state index in [1.165, 1.54) is 0 Å². The van der Waals surface area contributed by atoms with Crippen molar-refractivity contribution in [2.45, 2.75) is 79.8 Å². The summed E-state index contributed by atoms with van der Waals surface area (Å²) < 4.78 is 0. The Bertz CT molecular complexity index is 220. The van der Waals surface area contributed by atoms with Crippen molar-refractivity contribution in [2.75, 3.05) is 0 Å². The lowest BCUT2D eigenvalue weighted by Gasteiger charge is -2.54. The van der Waals surface area contributed by atoms with Crippen LogP contribution >= 0.6 is 0 Å². The average molecular weight is 229 g/mol. The second-order valence-corrected chi connectivity index (χ2v) is 7.41. The standard InChI is InChI=1S/C13H27NO.CH4/c1-11(2,3)10-8-12(4,5)14(15)13(6,7)9-10;/h10,15H,8-9H2,1-7H3;1H4. The third-order valence-electron chi connectivity index (χ3n) is 3.86. The first-order chi connectivity index (χ1) is 6.47. The van der Waals surface area contributed by atoms with Crippen LogP contribution in [0.15, 0.2) is 0 Å². The molecule has 0 unspecified atom stereocenters. The molecule has 1 heterocycles. The van der Waals surface area contributed by atoms with Gasteiger partial charge < -0.3 is 5.21 Å². The SMILES string of the molecule is C.CC(C)(C)C1CC(C)(C)N(O)C(C)(C)C1. The smallest absolute Gasteiger partial charge is 0.0413 e. The van der Waals surface area contributed by atoms with E-state index in [2.05, 4.69) is 48.5 Å². The summed E-state index contributed by atoms with van der Waals surface area (Å²) in [5, 5.41) is 11.7. The van der Waals surface area contributed by atoms with Crippen LogP contribution in [0.25, 0.3) is 0 Å². The number of rotatable bonds is 0. The van der Waals surface area contributed by atoms with Gasteiger partial charge >= 0.3 is 0 Å². The maximum atomic E-state index is 10.2. The predicted molar refractivity (Wildman–Crippen MR) is 70.7 cm³/mol. The van der Waals surface area contributed by atoms with Crippen LogP contribution in [0.3, 0.4) is 0 Å². The minimum atomic E-state index is -0.111. The first-order valence-corrected chi connectivity index (χ1v) is 5.96. The van der Waals surface area contributed by atoms with Crippen molar-refractivity contribution >= 4 is 0 Å². The van der Waals surface area contributed by atoms with Gasteiger partial charge in [-0.1, -0.05) is 28.2 Å². The molecule has 16 heavy (non-hydrogen) atoms. The molecule has 0 radical (unpaired) electrons. The molecule has 2 nitrogen and oxygen atoms in total. The summed E-state index contributed by atoms with van der Waals surface area (Å²) in [5.41, 5.74) is 0.106. The van der Waals surface area contributed by atoms with E-state index in [0.29, 0.717) is 11.3 Å². The van der Waals surface area contributed by atoms with Crippen LogP contribution in [0.2, 0.25) is 0 Å². The van der Waals surface area contributed by atoms with Gasteiger partial charge in [0.05, 0.1) is 0 Å². The van der Waals surface area contributed by atoms with Gasteiger partial charge in [0, 0.05) is 11.1 Å². The zero-order chi connectivity index (χ0) is 12.1. The van der Waals surface area contributed by atoms with Crippen LogP contribution in [0.4, 0.5) is 0 Å². The molecule has 0 spiro atoms. The zero-order valence-electron chi connectivity index (χ0n) is 11.4. The highest BCUT2D eigenvalue weighted by atomic mass is 16.5. The van der Waals surface area contributed by atoms with Crippen LogP contribution < -0.4 is 0 Å². The van der Waals surface area contributed by atoms with E-state index in [9.17, 15) is 5.21 Å². The molecule has 0 amide bonds. The molecule has 0 aliphatic carbocycles. The van der Waals surface area contributed by atoms with Crippen LogP contribution in [0.5, 0.6) is 0 Å². The molecule has 1 saturated heterocycles. The molecule has 1 rings (SSSR count). The van der Waals surface area contributed by atoms with Gasteiger partial charge in [0.1, 0.15) is 0 Å². The zero-order valence-corrected chi connectivity index (χ0v) is 11.4. The molecule has 1 aliphatic heterocycles. The molecule has 1 N–H and O–H groups in total. The Balaban J connectivity index is 0.00000225. The first kappa shape index (κ1) is 15.9. The third kappa shape index (κ3) is 2.98. The van der Waals surface area contributed by atoms with E-state index in [-0.39, 0.29) is 18.5 Å². The van der Waals surface area contributed by atoms with Crippen LogP contribution in [-0.4, -0.2) is 21.3 Å². The summed E-state index contributed by atoms with van der Waals surface area (Å²) >= 11 is 0. The summed E-state index contributed by atoms with van der Waals surface area (Å²) in [4.78, 5) is 0. The number of hydrogen-bond acceptors (Lipinski definition) is 2. The highest BCUT2D eigenvalue weighted by Gasteiger charge is 2.47. The van der Waals surface area contributed by atoms with Crippen molar-refractivity contribution in [3.63, 3.8) is 0 Å². The molecule has 98 valence electrons. The van der Waals surface area contributed by atoms with Gasteiger partial charge in [-0.15, -0.1) is 0 Å². The lowest BCUT2D eigenvalue weighted by molar-refractivity contribution is -0.257. The quantitative estimate of drug-likeness (QED) is 0.668. The fourth-order valence-electron chi connectivity index (χ4n) is 2.88. The van der Waals surface area contributed by atoms with Crippen LogP contribution in [0, 0.1) is 11.3 Å². The minimum Gasteiger partial charge on any atom is -0.313 e. The largest absolute Gasteiger partial charge is 0.313 e. The van der Waals surface area contributed by atoms with E-state index in [1.807, 2.05) is 0 Å². The number of hydrogen-bond donors (Lipinski definition) is 1. The van der Waals surface area contributed by atoms with Crippen molar-refractivity contribution in [2.24, 2.45) is 11.3 Å². The fourth-order valence-corrected chi connectivity index (χ4v) is 2.88. The Kier molecular flexibility index (Phi) is 4.28. The van der Waals surface area contributed by atoms with E-state index < -0.39 is 0 Å². The molecule has 0 aromatic carbocycles. The summed E-state index contributed by atoms with van der Waals surface area (Å²) in [7, 11) is 0. The van der Waals surface area contributed by atoms with E-state index in [4.69, 9.17) is 0 Å². The van der Waals surface area contributed by atoms with E-state index in [1.54, 1.807) is 5.06 Å². The molecule has 0 aromatic heterocycles. The molecular formula is C14H31NO. The second-order valence-electron chi connectivity index (χ2n) is 7.41. The predicted octanol–water partition coefficient (Wildman–Crippen LogP) is 4.33. The Hall–Kier alpha value is -0.0800. The maximum Gasteiger partial charge on any atom is 0.0413 e. The minimum absolute atomic E-state index is 0.